The van der Waals surface area contributed by atoms with Crippen LogP contribution in [-0.2, 0) is 4.79 Å². The fourth-order valence-corrected chi connectivity index (χ4v) is 2.75. The maximum absolute atomic E-state index is 11.1. The number of benzene rings is 1. The fraction of sp³-hybridized carbons (Fsp3) is 0.429. The monoisotopic (exact) mass is 280 g/mol. The van der Waals surface area contributed by atoms with E-state index >= 15 is 0 Å². The van der Waals surface area contributed by atoms with Crippen LogP contribution < -0.4 is 10.6 Å². The van der Waals surface area contributed by atoms with Gasteiger partial charge in [-0.05, 0) is 37.0 Å². The normalized spacial score (nSPS) is 16.4. The van der Waals surface area contributed by atoms with Gasteiger partial charge in [-0.25, -0.2) is 0 Å². The minimum absolute atomic E-state index is 0.237. The fourth-order valence-electron chi connectivity index (χ4n) is 2.57. The predicted octanol–water partition coefficient (Wildman–Crippen LogP) is 2.24. The molecule has 1 fully saturated rings. The Labute approximate surface area is 117 Å². The van der Waals surface area contributed by atoms with Crippen molar-refractivity contribution < 1.29 is 9.59 Å². The van der Waals surface area contributed by atoms with E-state index in [9.17, 15) is 9.59 Å². The van der Waals surface area contributed by atoms with Gasteiger partial charge >= 0.3 is 0 Å². The molecule has 2 N–H and O–H groups in total. The van der Waals surface area contributed by atoms with Crippen LogP contribution in [0.2, 0.25) is 5.02 Å². The third-order valence-corrected chi connectivity index (χ3v) is 3.80. The molecule has 1 amide bonds. The van der Waals surface area contributed by atoms with Gasteiger partial charge in [-0.2, -0.15) is 0 Å². The van der Waals surface area contributed by atoms with Crippen LogP contribution >= 0.6 is 11.6 Å². The topological polar surface area (TPSA) is 63.4 Å². The molecular formula is C14H17ClN2O2. The number of rotatable bonds is 4. The smallest absolute Gasteiger partial charge is 0.217 e. The molecule has 0 aliphatic carbocycles. The molecule has 102 valence electrons. The highest BCUT2D eigenvalue weighted by atomic mass is 35.5. The highest BCUT2D eigenvalue weighted by Gasteiger charge is 2.22. The molecule has 5 heteroatoms. The zero-order valence-corrected chi connectivity index (χ0v) is 11.4. The zero-order chi connectivity index (χ0) is 13.8. The maximum Gasteiger partial charge on any atom is 0.217 e. The lowest BCUT2D eigenvalue weighted by Crippen LogP contribution is -2.35. The Morgan fingerprint density at radius 3 is 2.68 bits per heavy atom. The molecular weight excluding hydrogens is 264 g/mol. The third kappa shape index (κ3) is 3.47. The molecule has 0 saturated carbocycles. The first kappa shape index (κ1) is 13.9. The van der Waals surface area contributed by atoms with Crippen LogP contribution in [0.4, 0.5) is 5.69 Å². The lowest BCUT2D eigenvalue weighted by atomic mass is 9.93. The molecule has 1 saturated heterocycles. The Hall–Kier alpha value is -1.55. The van der Waals surface area contributed by atoms with Gasteiger partial charge in [0.2, 0.25) is 5.91 Å². The van der Waals surface area contributed by atoms with Crippen molar-refractivity contribution in [1.82, 2.24) is 0 Å². The summed E-state index contributed by atoms with van der Waals surface area (Å²) in [4.78, 5) is 24.2. The van der Waals surface area contributed by atoms with Crippen molar-refractivity contribution >= 4 is 29.5 Å². The minimum Gasteiger partial charge on any atom is -0.371 e. The molecule has 1 aromatic rings. The number of hydrogen-bond donors (Lipinski definition) is 1. The standard InChI is InChI=1S/C14H17ClN2O2/c15-12-1-2-13(11(8-12)9-18)17-5-3-10(4-6-17)7-14(16)19/h1-2,8-10H,3-7H2,(H2,16,19). The van der Waals surface area contributed by atoms with Crippen LogP contribution in [-0.4, -0.2) is 25.3 Å². The van der Waals surface area contributed by atoms with Gasteiger partial charge in [0, 0.05) is 35.8 Å². The van der Waals surface area contributed by atoms with Crippen LogP contribution in [0.3, 0.4) is 0 Å². The zero-order valence-electron chi connectivity index (χ0n) is 10.6. The molecule has 4 nitrogen and oxygen atoms in total. The van der Waals surface area contributed by atoms with Crippen molar-refractivity contribution in [2.45, 2.75) is 19.3 Å². The van der Waals surface area contributed by atoms with Gasteiger partial charge in [0.05, 0.1) is 0 Å². The van der Waals surface area contributed by atoms with Crippen LogP contribution in [0.15, 0.2) is 18.2 Å². The number of halogens is 1. The number of primary amides is 1. The SMILES string of the molecule is NC(=O)CC1CCN(c2ccc(Cl)cc2C=O)CC1. The van der Waals surface area contributed by atoms with E-state index in [4.69, 9.17) is 17.3 Å². The highest BCUT2D eigenvalue weighted by molar-refractivity contribution is 6.31. The Morgan fingerprint density at radius 2 is 2.11 bits per heavy atom. The van der Waals surface area contributed by atoms with Gasteiger partial charge in [0.1, 0.15) is 0 Å². The van der Waals surface area contributed by atoms with Crippen LogP contribution in [0, 0.1) is 5.92 Å². The Bertz CT molecular complexity index is 482. The number of carbonyl (C=O) groups is 2. The van der Waals surface area contributed by atoms with Gasteiger partial charge in [0.15, 0.2) is 6.29 Å². The van der Waals surface area contributed by atoms with Gasteiger partial charge in [0.25, 0.3) is 0 Å². The molecule has 1 aromatic carbocycles. The highest BCUT2D eigenvalue weighted by Crippen LogP contribution is 2.28. The van der Waals surface area contributed by atoms with Crippen LogP contribution in [0.5, 0.6) is 0 Å². The first-order valence-electron chi connectivity index (χ1n) is 6.38. The summed E-state index contributed by atoms with van der Waals surface area (Å²) >= 11 is 5.89. The van der Waals surface area contributed by atoms with E-state index in [1.807, 2.05) is 6.07 Å². The van der Waals surface area contributed by atoms with Crippen LogP contribution in [0.1, 0.15) is 29.6 Å². The van der Waals surface area contributed by atoms with Gasteiger partial charge in [-0.1, -0.05) is 11.6 Å². The summed E-state index contributed by atoms with van der Waals surface area (Å²) in [5.41, 5.74) is 6.74. The summed E-state index contributed by atoms with van der Waals surface area (Å²) in [5.74, 6) is 0.124. The minimum atomic E-state index is -0.237. The molecule has 0 unspecified atom stereocenters. The van der Waals surface area contributed by atoms with Gasteiger partial charge in [-0.15, -0.1) is 0 Å². The number of piperidine rings is 1. The second-order valence-electron chi connectivity index (χ2n) is 4.92. The lowest BCUT2D eigenvalue weighted by Gasteiger charge is -2.34. The van der Waals surface area contributed by atoms with E-state index in [1.165, 1.54) is 0 Å². The van der Waals surface area contributed by atoms with E-state index in [0.29, 0.717) is 22.9 Å². The van der Waals surface area contributed by atoms with E-state index in [0.717, 1.165) is 37.9 Å². The Kier molecular flexibility index (Phi) is 4.43. The number of carbonyl (C=O) groups excluding carboxylic acids is 2. The van der Waals surface area contributed by atoms with Crippen molar-refractivity contribution in [3.63, 3.8) is 0 Å². The molecule has 0 radical (unpaired) electrons. The molecule has 0 spiro atoms. The third-order valence-electron chi connectivity index (χ3n) is 3.56. The Morgan fingerprint density at radius 1 is 1.42 bits per heavy atom. The van der Waals surface area contributed by atoms with Crippen molar-refractivity contribution in [3.8, 4) is 0 Å². The molecule has 1 aliphatic rings. The second-order valence-corrected chi connectivity index (χ2v) is 5.36. The van der Waals surface area contributed by atoms with E-state index in [-0.39, 0.29) is 5.91 Å². The predicted molar refractivity (Wildman–Crippen MR) is 75.6 cm³/mol. The second kappa shape index (κ2) is 6.06. The Balaban J connectivity index is 2.05. The van der Waals surface area contributed by atoms with E-state index in [1.54, 1.807) is 12.1 Å². The summed E-state index contributed by atoms with van der Waals surface area (Å²) in [6.07, 6.45) is 3.12. The number of amides is 1. The van der Waals surface area contributed by atoms with Crippen molar-refractivity contribution in [1.29, 1.82) is 0 Å². The van der Waals surface area contributed by atoms with Gasteiger partial charge < -0.3 is 10.6 Å². The lowest BCUT2D eigenvalue weighted by molar-refractivity contribution is -0.119. The number of hydrogen-bond acceptors (Lipinski definition) is 3. The van der Waals surface area contributed by atoms with Gasteiger partial charge in [-0.3, -0.25) is 9.59 Å². The number of nitrogens with two attached hydrogens (primary N) is 1. The summed E-state index contributed by atoms with van der Waals surface area (Å²) in [6, 6.07) is 5.35. The largest absolute Gasteiger partial charge is 0.371 e. The number of anilines is 1. The van der Waals surface area contributed by atoms with Crippen molar-refractivity contribution in [3.05, 3.63) is 28.8 Å². The molecule has 1 heterocycles. The van der Waals surface area contributed by atoms with E-state index < -0.39 is 0 Å². The molecule has 2 rings (SSSR count). The molecule has 0 aromatic heterocycles. The quantitative estimate of drug-likeness (QED) is 0.861. The molecule has 19 heavy (non-hydrogen) atoms. The molecule has 0 bridgehead atoms. The number of nitrogens with zero attached hydrogens (tertiary/aromatic N) is 1. The number of aldehydes is 1. The summed E-state index contributed by atoms with van der Waals surface area (Å²) in [7, 11) is 0. The van der Waals surface area contributed by atoms with Crippen molar-refractivity contribution in [2.75, 3.05) is 18.0 Å². The van der Waals surface area contributed by atoms with Crippen molar-refractivity contribution in [2.24, 2.45) is 11.7 Å². The average Bonchev–Trinajstić information content (AvgIpc) is 2.39. The average molecular weight is 281 g/mol. The van der Waals surface area contributed by atoms with E-state index in [2.05, 4.69) is 4.90 Å². The van der Waals surface area contributed by atoms with Crippen LogP contribution in [0.25, 0.3) is 0 Å². The first-order chi connectivity index (χ1) is 9.10. The maximum atomic E-state index is 11.1. The summed E-state index contributed by atoms with van der Waals surface area (Å²) < 4.78 is 0. The summed E-state index contributed by atoms with van der Waals surface area (Å²) in [5, 5.41) is 0.564. The summed E-state index contributed by atoms with van der Waals surface area (Å²) in [6.45, 7) is 1.67. The molecule has 0 atom stereocenters. The molecule has 1 aliphatic heterocycles. The first-order valence-corrected chi connectivity index (χ1v) is 6.76.